The van der Waals surface area contributed by atoms with Gasteiger partial charge in [0.2, 0.25) is 0 Å². The number of nitrogens with one attached hydrogen (secondary N) is 2. The van der Waals surface area contributed by atoms with E-state index in [1.807, 2.05) is 6.92 Å². The van der Waals surface area contributed by atoms with Crippen LogP contribution in [0.4, 0.5) is 0 Å². The molecule has 0 aliphatic carbocycles. The molecule has 0 amide bonds. The molecule has 1 aromatic rings. The monoisotopic (exact) mass is 305 g/mol. The van der Waals surface area contributed by atoms with E-state index >= 15 is 0 Å². The van der Waals surface area contributed by atoms with Crippen molar-refractivity contribution in [2.24, 2.45) is 4.99 Å². The van der Waals surface area contributed by atoms with Gasteiger partial charge in [0.05, 0.1) is 13.5 Å². The van der Waals surface area contributed by atoms with Crippen LogP contribution < -0.4 is 10.6 Å². The number of hydrogen-bond acceptors (Lipinski definition) is 3. The SMILES string of the molecule is CCNC(=NCC(C)c1ccc(C)cc1)NCCC(=O)OC. The van der Waals surface area contributed by atoms with Gasteiger partial charge in [-0.3, -0.25) is 9.79 Å². The zero-order chi connectivity index (χ0) is 16.4. The lowest BCUT2D eigenvalue weighted by Gasteiger charge is -2.13. The van der Waals surface area contributed by atoms with Crippen LogP contribution in [0.1, 0.15) is 37.3 Å². The number of ether oxygens (including phenoxy) is 1. The van der Waals surface area contributed by atoms with Crippen molar-refractivity contribution >= 4 is 11.9 Å². The van der Waals surface area contributed by atoms with Gasteiger partial charge in [-0.25, -0.2) is 0 Å². The summed E-state index contributed by atoms with van der Waals surface area (Å²) in [6.07, 6.45) is 0.328. The van der Waals surface area contributed by atoms with Crippen molar-refractivity contribution in [3.63, 3.8) is 0 Å². The molecule has 2 N–H and O–H groups in total. The van der Waals surface area contributed by atoms with Crippen LogP contribution in [-0.4, -0.2) is 38.7 Å². The molecular weight excluding hydrogens is 278 g/mol. The summed E-state index contributed by atoms with van der Waals surface area (Å²) in [5.74, 6) is 0.846. The second-order valence-corrected chi connectivity index (χ2v) is 5.28. The van der Waals surface area contributed by atoms with Gasteiger partial charge in [0.1, 0.15) is 0 Å². The van der Waals surface area contributed by atoms with Crippen molar-refractivity contribution in [2.75, 3.05) is 26.7 Å². The van der Waals surface area contributed by atoms with Gasteiger partial charge < -0.3 is 15.4 Å². The van der Waals surface area contributed by atoms with E-state index in [1.165, 1.54) is 18.2 Å². The maximum Gasteiger partial charge on any atom is 0.307 e. The van der Waals surface area contributed by atoms with Gasteiger partial charge in [-0.05, 0) is 19.4 Å². The Morgan fingerprint density at radius 1 is 1.27 bits per heavy atom. The number of esters is 1. The number of carbonyl (C=O) groups excluding carboxylic acids is 1. The first-order chi connectivity index (χ1) is 10.6. The van der Waals surface area contributed by atoms with E-state index in [0.29, 0.717) is 25.4 Å². The minimum atomic E-state index is -0.226. The molecule has 0 spiro atoms. The fourth-order valence-corrected chi connectivity index (χ4v) is 1.96. The van der Waals surface area contributed by atoms with Gasteiger partial charge in [0, 0.05) is 25.6 Å². The third-order valence-corrected chi connectivity index (χ3v) is 3.36. The first kappa shape index (κ1) is 18.0. The summed E-state index contributed by atoms with van der Waals surface area (Å²) in [5, 5.41) is 6.32. The highest BCUT2D eigenvalue weighted by atomic mass is 16.5. The van der Waals surface area contributed by atoms with E-state index < -0.39 is 0 Å². The Morgan fingerprint density at radius 3 is 2.55 bits per heavy atom. The fourth-order valence-electron chi connectivity index (χ4n) is 1.96. The lowest BCUT2D eigenvalue weighted by molar-refractivity contribution is -0.140. The summed E-state index contributed by atoms with van der Waals surface area (Å²) < 4.78 is 4.62. The van der Waals surface area contributed by atoms with Crippen LogP contribution in [0.15, 0.2) is 29.3 Å². The lowest BCUT2D eigenvalue weighted by Crippen LogP contribution is -2.38. The minimum absolute atomic E-state index is 0.226. The highest BCUT2D eigenvalue weighted by Crippen LogP contribution is 2.15. The van der Waals surface area contributed by atoms with Crippen LogP contribution in [0, 0.1) is 6.92 Å². The third kappa shape index (κ3) is 6.61. The molecule has 1 aromatic carbocycles. The van der Waals surface area contributed by atoms with Gasteiger partial charge in [0.15, 0.2) is 5.96 Å². The standard InChI is InChI=1S/C17H27N3O2/c1-5-18-17(19-11-10-16(21)22-4)20-12-14(3)15-8-6-13(2)7-9-15/h6-9,14H,5,10-12H2,1-4H3,(H2,18,19,20). The second-order valence-electron chi connectivity index (χ2n) is 5.28. The van der Waals surface area contributed by atoms with Crippen molar-refractivity contribution in [3.8, 4) is 0 Å². The molecule has 0 aliphatic heterocycles. The molecule has 1 unspecified atom stereocenters. The van der Waals surface area contributed by atoms with E-state index in [1.54, 1.807) is 0 Å². The highest BCUT2D eigenvalue weighted by Gasteiger charge is 2.06. The Hall–Kier alpha value is -2.04. The number of nitrogens with zero attached hydrogens (tertiary/aromatic N) is 1. The lowest BCUT2D eigenvalue weighted by atomic mass is 10.0. The average molecular weight is 305 g/mol. The molecule has 0 aromatic heterocycles. The number of methoxy groups -OCH3 is 1. The molecule has 122 valence electrons. The molecule has 0 aliphatic rings. The minimum Gasteiger partial charge on any atom is -0.469 e. The average Bonchev–Trinajstić information content (AvgIpc) is 2.52. The van der Waals surface area contributed by atoms with Crippen molar-refractivity contribution in [2.45, 2.75) is 33.1 Å². The number of aryl methyl sites for hydroxylation is 1. The largest absolute Gasteiger partial charge is 0.469 e. The molecule has 0 radical (unpaired) electrons. The summed E-state index contributed by atoms with van der Waals surface area (Å²) >= 11 is 0. The maximum atomic E-state index is 11.1. The number of guanidine groups is 1. The van der Waals surface area contributed by atoms with E-state index in [-0.39, 0.29) is 5.97 Å². The number of hydrogen-bond donors (Lipinski definition) is 2. The molecule has 0 bridgehead atoms. The first-order valence-electron chi connectivity index (χ1n) is 7.72. The fraction of sp³-hybridized carbons (Fsp3) is 0.529. The maximum absolute atomic E-state index is 11.1. The van der Waals surface area contributed by atoms with Crippen molar-refractivity contribution < 1.29 is 9.53 Å². The molecule has 1 atom stereocenters. The van der Waals surface area contributed by atoms with Gasteiger partial charge in [0.25, 0.3) is 0 Å². The molecule has 0 saturated heterocycles. The third-order valence-electron chi connectivity index (χ3n) is 3.36. The number of aliphatic imine (C=N–C) groups is 1. The van der Waals surface area contributed by atoms with Crippen LogP contribution >= 0.6 is 0 Å². The summed E-state index contributed by atoms with van der Waals surface area (Å²) in [6, 6.07) is 8.53. The van der Waals surface area contributed by atoms with Crippen LogP contribution in [0.25, 0.3) is 0 Å². The van der Waals surface area contributed by atoms with Crippen molar-refractivity contribution in [1.82, 2.24) is 10.6 Å². The zero-order valence-corrected chi connectivity index (χ0v) is 14.0. The Bertz CT molecular complexity index is 483. The zero-order valence-electron chi connectivity index (χ0n) is 14.0. The molecule has 0 fully saturated rings. The van der Waals surface area contributed by atoms with Crippen molar-refractivity contribution in [1.29, 1.82) is 0 Å². The Morgan fingerprint density at radius 2 is 1.95 bits per heavy atom. The van der Waals surface area contributed by atoms with Gasteiger partial charge in [-0.2, -0.15) is 0 Å². The molecule has 1 rings (SSSR count). The summed E-state index contributed by atoms with van der Waals surface area (Å²) in [4.78, 5) is 15.7. The van der Waals surface area contributed by atoms with Crippen LogP contribution in [-0.2, 0) is 9.53 Å². The van der Waals surface area contributed by atoms with Crippen molar-refractivity contribution in [3.05, 3.63) is 35.4 Å². The summed E-state index contributed by atoms with van der Waals surface area (Å²) in [6.45, 7) is 8.24. The molecule has 0 saturated carbocycles. The molecule has 0 heterocycles. The van der Waals surface area contributed by atoms with E-state index in [9.17, 15) is 4.79 Å². The molecule has 22 heavy (non-hydrogen) atoms. The Labute approximate surface area is 133 Å². The smallest absolute Gasteiger partial charge is 0.307 e. The van der Waals surface area contributed by atoms with E-state index in [2.05, 4.69) is 58.5 Å². The Balaban J connectivity index is 2.53. The predicted molar refractivity (Wildman–Crippen MR) is 90.2 cm³/mol. The predicted octanol–water partition coefficient (Wildman–Crippen LogP) is 2.22. The Kier molecular flexibility index (Phi) is 8.04. The summed E-state index contributed by atoms with van der Waals surface area (Å²) in [7, 11) is 1.39. The second kappa shape index (κ2) is 9.82. The quantitative estimate of drug-likeness (QED) is 0.461. The number of rotatable bonds is 7. The van der Waals surface area contributed by atoms with Gasteiger partial charge >= 0.3 is 5.97 Å². The first-order valence-corrected chi connectivity index (χ1v) is 7.72. The van der Waals surface area contributed by atoms with E-state index in [4.69, 9.17) is 0 Å². The topological polar surface area (TPSA) is 62.7 Å². The van der Waals surface area contributed by atoms with Crippen LogP contribution in [0.2, 0.25) is 0 Å². The highest BCUT2D eigenvalue weighted by molar-refractivity contribution is 5.80. The summed E-state index contributed by atoms with van der Waals surface area (Å²) in [5.41, 5.74) is 2.54. The number of benzene rings is 1. The van der Waals surface area contributed by atoms with E-state index in [0.717, 1.165) is 12.5 Å². The van der Waals surface area contributed by atoms with Crippen LogP contribution in [0.5, 0.6) is 0 Å². The number of carbonyl (C=O) groups is 1. The molecular formula is C17H27N3O2. The normalized spacial score (nSPS) is 12.6. The van der Waals surface area contributed by atoms with Crippen LogP contribution in [0.3, 0.4) is 0 Å². The van der Waals surface area contributed by atoms with Gasteiger partial charge in [-0.15, -0.1) is 0 Å². The molecule has 5 nitrogen and oxygen atoms in total. The molecule has 5 heteroatoms. The van der Waals surface area contributed by atoms with Gasteiger partial charge in [-0.1, -0.05) is 36.8 Å².